The molecule has 0 heterocycles. The van der Waals surface area contributed by atoms with Gasteiger partial charge in [-0.3, -0.25) is 9.59 Å². The van der Waals surface area contributed by atoms with Crippen LogP contribution < -0.4 is 20.9 Å². The first-order chi connectivity index (χ1) is 48.9. The second-order valence-electron chi connectivity index (χ2n) is 22.5. The molecule has 6 aromatic rings. The molecule has 0 spiro atoms. The number of nitrogens with two attached hydrogens (primary N) is 2. The van der Waals surface area contributed by atoms with Gasteiger partial charge in [-0.15, -0.1) is 0 Å². The first kappa shape index (κ1) is 78.5. The number of unbranched alkanes of at least 4 members (excludes halogenated alkanes) is 3. The molecule has 6 rings (SSSR count). The molecule has 0 amide bonds. The Bertz CT molecular complexity index is 3710. The Morgan fingerprint density at radius 1 is 0.324 bits per heavy atom. The minimum absolute atomic E-state index is 0.00927. The molecule has 534 valence electrons. The Balaban J connectivity index is 1.33. The van der Waals surface area contributed by atoms with Crippen LogP contribution in [0.4, 0.5) is 11.4 Å². The minimum Gasteiger partial charge on any atom is -0.466 e. The summed E-state index contributed by atoms with van der Waals surface area (Å²) in [5, 5.41) is 0. The van der Waals surface area contributed by atoms with E-state index in [0.29, 0.717) is 59.3 Å². The summed E-state index contributed by atoms with van der Waals surface area (Å²) in [6.45, 7) is -0.220. The Morgan fingerprint density at radius 3 is 0.833 bits per heavy atom. The number of nitrogen functional groups attached to an aromatic ring is 2. The highest BCUT2D eigenvalue weighted by molar-refractivity contribution is 5.96. The Hall–Kier alpha value is -12.5. The summed E-state index contributed by atoms with van der Waals surface area (Å²) in [4.78, 5) is 159. The van der Waals surface area contributed by atoms with Gasteiger partial charge in [0.25, 0.3) is 0 Å². The number of rotatable bonds is 35. The average Bonchev–Trinajstić information content (AvgIpc) is 0.806. The van der Waals surface area contributed by atoms with Gasteiger partial charge >= 0.3 is 71.6 Å². The molecule has 0 atom stereocenters. The smallest absolute Gasteiger partial charge is 0.338 e. The zero-order valence-corrected chi connectivity index (χ0v) is 56.8. The van der Waals surface area contributed by atoms with Crippen LogP contribution in [-0.2, 0) is 76.1 Å². The summed E-state index contributed by atoms with van der Waals surface area (Å²) in [6, 6.07) is 30.9. The molecule has 0 aromatic heterocycles. The standard InChI is InChI=1S/C76H76N2O24/c1-7-75(45-97-67(83)53-25-13-49(14-26-53)21-33-63(79)91-3,46-98-68(84)54-27-15-50(16-28-54)22-34-64(80)92-4)73(89)101-61-41-58(72(88)96-38-12-10-9-11-37-95-71(87)57-39-59(77)43-60(78)40-57)42-62(44-61)102-74(90)76(8-2,47-99-69(85)55-29-17-51(18-30-55)23-35-65(81)93-5)48-100-70(86)56-31-19-52(20-32-56)24-36-66(82)94-6/h13-36,39-44H,7-12,37-38,45-48,77-78H2,1-6H3/b33-21+,34-22+,35-23+,36-24+. The van der Waals surface area contributed by atoms with Crippen molar-refractivity contribution in [3.8, 4) is 11.5 Å². The zero-order chi connectivity index (χ0) is 74.2. The fourth-order valence-corrected chi connectivity index (χ4v) is 9.10. The van der Waals surface area contributed by atoms with Crippen molar-refractivity contribution in [1.82, 2.24) is 0 Å². The number of ether oxygens (including phenoxy) is 12. The van der Waals surface area contributed by atoms with Gasteiger partial charge in [0.1, 0.15) is 48.8 Å². The second-order valence-corrected chi connectivity index (χ2v) is 22.5. The van der Waals surface area contributed by atoms with Gasteiger partial charge in [-0.05, 0) is 164 Å². The number of hydrogen-bond donors (Lipinski definition) is 2. The lowest BCUT2D eigenvalue weighted by molar-refractivity contribution is -0.152. The van der Waals surface area contributed by atoms with Crippen molar-refractivity contribution in [1.29, 1.82) is 0 Å². The van der Waals surface area contributed by atoms with E-state index >= 15 is 9.59 Å². The molecule has 6 aromatic carbocycles. The van der Waals surface area contributed by atoms with Gasteiger partial charge in [0.15, 0.2) is 0 Å². The van der Waals surface area contributed by atoms with Crippen molar-refractivity contribution in [2.75, 3.05) is 79.5 Å². The maximum Gasteiger partial charge on any atom is 0.338 e. The molecule has 0 saturated heterocycles. The van der Waals surface area contributed by atoms with Crippen molar-refractivity contribution in [3.63, 3.8) is 0 Å². The van der Waals surface area contributed by atoms with Crippen molar-refractivity contribution in [3.05, 3.63) is 213 Å². The van der Waals surface area contributed by atoms with Crippen molar-refractivity contribution in [2.45, 2.75) is 52.4 Å². The van der Waals surface area contributed by atoms with E-state index in [1.54, 1.807) is 0 Å². The number of carbonyl (C=O) groups excluding carboxylic acids is 12. The number of anilines is 2. The SMILES string of the molecule is CCC(COC(=O)c1ccc(/C=C/C(=O)OC)cc1)(COC(=O)c1ccc(/C=C/C(=O)OC)cc1)C(=O)Oc1cc(OC(=O)C(CC)(COC(=O)c2ccc(/C=C/C(=O)OC)cc2)COC(=O)c2ccc(/C=C/C(=O)OC)cc2)cc(C(=O)OCCCCCCOC(=O)c2cc(N)cc(N)c2)c1. The van der Waals surface area contributed by atoms with Crippen LogP contribution in [0.2, 0.25) is 0 Å². The molecular weight excluding hydrogens is 1320 g/mol. The summed E-state index contributed by atoms with van der Waals surface area (Å²) in [7, 11) is 4.84. The lowest BCUT2D eigenvalue weighted by atomic mass is 9.86. The molecule has 0 bridgehead atoms. The quantitative estimate of drug-likeness (QED) is 0.00932. The number of esters is 12. The van der Waals surface area contributed by atoms with E-state index < -0.39 is 120 Å². The lowest BCUT2D eigenvalue weighted by Gasteiger charge is -2.30. The van der Waals surface area contributed by atoms with Crippen LogP contribution >= 0.6 is 0 Å². The maximum atomic E-state index is 15.0. The van der Waals surface area contributed by atoms with Gasteiger partial charge in [0.2, 0.25) is 0 Å². The maximum absolute atomic E-state index is 15.0. The molecule has 26 heteroatoms. The highest BCUT2D eigenvalue weighted by atomic mass is 16.6. The lowest BCUT2D eigenvalue weighted by Crippen LogP contribution is -2.44. The van der Waals surface area contributed by atoms with Gasteiger partial charge in [0, 0.05) is 41.7 Å². The van der Waals surface area contributed by atoms with Crippen LogP contribution in [0.25, 0.3) is 24.3 Å². The molecule has 0 radical (unpaired) electrons. The van der Waals surface area contributed by atoms with Crippen LogP contribution in [0.5, 0.6) is 11.5 Å². The predicted molar refractivity (Wildman–Crippen MR) is 369 cm³/mol. The van der Waals surface area contributed by atoms with E-state index in [2.05, 4.69) is 18.9 Å². The highest BCUT2D eigenvalue weighted by Crippen LogP contribution is 2.34. The molecule has 0 aliphatic heterocycles. The van der Waals surface area contributed by atoms with E-state index in [4.69, 9.17) is 49.4 Å². The normalized spacial score (nSPS) is 11.3. The number of benzene rings is 6. The highest BCUT2D eigenvalue weighted by Gasteiger charge is 2.44. The first-order valence-electron chi connectivity index (χ1n) is 31.7. The van der Waals surface area contributed by atoms with Crippen LogP contribution in [0.15, 0.2) is 158 Å². The summed E-state index contributed by atoms with van der Waals surface area (Å²) in [6.07, 6.45) is 11.8. The topological polar surface area (TPSA) is 368 Å². The van der Waals surface area contributed by atoms with E-state index in [-0.39, 0.29) is 59.4 Å². The van der Waals surface area contributed by atoms with E-state index in [0.717, 1.165) is 18.2 Å². The predicted octanol–water partition coefficient (Wildman–Crippen LogP) is 10.2. The van der Waals surface area contributed by atoms with Crippen LogP contribution in [0.3, 0.4) is 0 Å². The van der Waals surface area contributed by atoms with Crippen molar-refractivity contribution in [2.24, 2.45) is 10.8 Å². The summed E-state index contributed by atoms with van der Waals surface area (Å²) < 4.78 is 64.7. The molecule has 4 N–H and O–H groups in total. The van der Waals surface area contributed by atoms with Gasteiger partial charge in [-0.25, -0.2) is 47.9 Å². The van der Waals surface area contributed by atoms with Crippen LogP contribution in [0.1, 0.15) is 137 Å². The number of methoxy groups -OCH3 is 4. The third-order valence-corrected chi connectivity index (χ3v) is 15.4. The third-order valence-electron chi connectivity index (χ3n) is 15.4. The molecule has 0 saturated carbocycles. The van der Waals surface area contributed by atoms with Gasteiger partial charge in [-0.1, -0.05) is 62.4 Å². The Labute approximate surface area is 587 Å². The van der Waals surface area contributed by atoms with Gasteiger partial charge in [0.05, 0.1) is 75.0 Å². The third kappa shape index (κ3) is 24.2. The molecule has 102 heavy (non-hydrogen) atoms. The largest absolute Gasteiger partial charge is 0.466 e. The minimum atomic E-state index is -2.04. The Morgan fingerprint density at radius 2 is 0.578 bits per heavy atom. The summed E-state index contributed by atoms with van der Waals surface area (Å²) in [5.41, 5.74) is 10.1. The van der Waals surface area contributed by atoms with E-state index in [1.807, 2.05) is 0 Å². The zero-order valence-electron chi connectivity index (χ0n) is 56.8. The van der Waals surface area contributed by atoms with Crippen LogP contribution in [0, 0.1) is 10.8 Å². The number of hydrogen-bond acceptors (Lipinski definition) is 26. The van der Waals surface area contributed by atoms with E-state index in [1.165, 1.54) is 206 Å². The fourth-order valence-electron chi connectivity index (χ4n) is 9.10. The number of carbonyl (C=O) groups is 12. The summed E-state index contributed by atoms with van der Waals surface area (Å²) >= 11 is 0. The fraction of sp³-hybridized carbons (Fsp3) is 0.263. The Kier molecular flexibility index (Phi) is 30.2. The second kappa shape index (κ2) is 39.2. The molecular formula is C76H76N2O24. The molecule has 26 nitrogen and oxygen atoms in total. The van der Waals surface area contributed by atoms with Crippen molar-refractivity contribution >= 4 is 107 Å². The molecule has 0 unspecified atom stereocenters. The van der Waals surface area contributed by atoms with E-state index in [9.17, 15) is 47.9 Å². The average molecular weight is 1400 g/mol. The molecule has 0 fully saturated rings. The monoisotopic (exact) mass is 1400 g/mol. The van der Waals surface area contributed by atoms with Crippen molar-refractivity contribution < 1.29 is 114 Å². The van der Waals surface area contributed by atoms with Gasteiger partial charge < -0.3 is 68.3 Å². The summed E-state index contributed by atoms with van der Waals surface area (Å²) in [5.74, 6) is -11.2. The first-order valence-corrected chi connectivity index (χ1v) is 31.7. The van der Waals surface area contributed by atoms with Crippen LogP contribution in [-0.4, -0.2) is 140 Å². The van der Waals surface area contributed by atoms with Gasteiger partial charge in [-0.2, -0.15) is 0 Å². The molecule has 0 aliphatic carbocycles. The molecule has 0 aliphatic rings.